The number of hydrogen-bond donors (Lipinski definition) is 1. The maximum absolute atomic E-state index is 11.9. The van der Waals surface area contributed by atoms with Gasteiger partial charge in [0.15, 0.2) is 5.65 Å². The quantitative estimate of drug-likeness (QED) is 0.319. The van der Waals surface area contributed by atoms with Gasteiger partial charge in [0.25, 0.3) is 0 Å². The standard InChI is InChI=1S/C29H27N3O3/c1-3-27-19(2)14-22(35-27)16-23-26(17-28(33)34)32-18-25(21-12-8-5-9-13-21)30-24(29(32)31-23)15-20-10-6-4-7-11-20/h4-14,18H,3,15-17H2,1-2H3,(H,33,34). The first-order valence-electron chi connectivity index (χ1n) is 11.8. The van der Waals surface area contributed by atoms with E-state index < -0.39 is 5.97 Å². The van der Waals surface area contributed by atoms with Gasteiger partial charge >= 0.3 is 5.97 Å². The summed E-state index contributed by atoms with van der Waals surface area (Å²) in [7, 11) is 0. The zero-order valence-corrected chi connectivity index (χ0v) is 19.9. The molecular weight excluding hydrogens is 438 g/mol. The van der Waals surface area contributed by atoms with E-state index in [2.05, 4.69) is 19.1 Å². The van der Waals surface area contributed by atoms with Crippen LogP contribution in [0.1, 0.15) is 46.7 Å². The molecule has 5 rings (SSSR count). The molecule has 0 amide bonds. The lowest BCUT2D eigenvalue weighted by atomic mass is 10.1. The summed E-state index contributed by atoms with van der Waals surface area (Å²) in [5.41, 5.74) is 6.79. The molecule has 3 aromatic heterocycles. The van der Waals surface area contributed by atoms with Crippen molar-refractivity contribution in [1.82, 2.24) is 14.4 Å². The predicted octanol–water partition coefficient (Wildman–Crippen LogP) is 5.67. The number of aromatic nitrogens is 3. The van der Waals surface area contributed by atoms with E-state index in [4.69, 9.17) is 14.4 Å². The van der Waals surface area contributed by atoms with Crippen molar-refractivity contribution in [2.75, 3.05) is 0 Å². The molecule has 0 bridgehead atoms. The molecule has 35 heavy (non-hydrogen) atoms. The van der Waals surface area contributed by atoms with Gasteiger partial charge in [-0.05, 0) is 24.1 Å². The molecule has 6 nitrogen and oxygen atoms in total. The molecule has 0 aliphatic rings. The van der Waals surface area contributed by atoms with Gasteiger partial charge < -0.3 is 9.52 Å². The summed E-state index contributed by atoms with van der Waals surface area (Å²) >= 11 is 0. The number of fused-ring (bicyclic) bond motifs is 1. The Morgan fingerprint density at radius 2 is 1.69 bits per heavy atom. The third-order valence-electron chi connectivity index (χ3n) is 6.19. The number of aryl methyl sites for hydroxylation is 2. The summed E-state index contributed by atoms with van der Waals surface area (Å²) in [6.45, 7) is 4.09. The highest BCUT2D eigenvalue weighted by molar-refractivity contribution is 5.71. The number of furan rings is 1. The molecule has 0 fully saturated rings. The lowest BCUT2D eigenvalue weighted by molar-refractivity contribution is -0.136. The molecule has 176 valence electrons. The molecule has 5 aromatic rings. The Hall–Kier alpha value is -4.19. The van der Waals surface area contributed by atoms with E-state index in [9.17, 15) is 9.90 Å². The van der Waals surface area contributed by atoms with Gasteiger partial charge in [0, 0.05) is 24.6 Å². The molecule has 0 saturated heterocycles. The van der Waals surface area contributed by atoms with Crippen LogP contribution in [0, 0.1) is 6.92 Å². The van der Waals surface area contributed by atoms with Gasteiger partial charge in [-0.2, -0.15) is 0 Å². The molecule has 0 radical (unpaired) electrons. The molecule has 0 aliphatic carbocycles. The summed E-state index contributed by atoms with van der Waals surface area (Å²) in [5, 5.41) is 9.73. The zero-order valence-electron chi connectivity index (χ0n) is 19.9. The summed E-state index contributed by atoms with van der Waals surface area (Å²) in [5.74, 6) is 0.831. The molecule has 2 aromatic carbocycles. The average molecular weight is 466 g/mol. The fourth-order valence-corrected chi connectivity index (χ4v) is 4.52. The molecule has 1 N–H and O–H groups in total. The number of imidazole rings is 1. The Balaban J connectivity index is 1.69. The van der Waals surface area contributed by atoms with Crippen LogP contribution in [0.15, 0.2) is 77.3 Å². The van der Waals surface area contributed by atoms with Crippen LogP contribution in [0.25, 0.3) is 16.9 Å². The summed E-state index contributed by atoms with van der Waals surface area (Å²) in [6.07, 6.45) is 3.59. The van der Waals surface area contributed by atoms with E-state index in [1.54, 1.807) is 0 Å². The van der Waals surface area contributed by atoms with Crippen molar-refractivity contribution in [3.8, 4) is 11.3 Å². The second-order valence-corrected chi connectivity index (χ2v) is 8.72. The van der Waals surface area contributed by atoms with E-state index in [1.165, 1.54) is 0 Å². The maximum atomic E-state index is 11.9. The van der Waals surface area contributed by atoms with E-state index in [1.807, 2.05) is 72.1 Å². The third-order valence-corrected chi connectivity index (χ3v) is 6.19. The van der Waals surface area contributed by atoms with Crippen LogP contribution in [-0.2, 0) is 30.5 Å². The molecule has 6 heteroatoms. The van der Waals surface area contributed by atoms with Crippen LogP contribution >= 0.6 is 0 Å². The molecule has 0 unspecified atom stereocenters. The van der Waals surface area contributed by atoms with Crippen LogP contribution in [0.4, 0.5) is 0 Å². The van der Waals surface area contributed by atoms with Crippen molar-refractivity contribution >= 4 is 11.6 Å². The van der Waals surface area contributed by atoms with Gasteiger partial charge in [-0.3, -0.25) is 9.20 Å². The predicted molar refractivity (Wildman–Crippen MR) is 135 cm³/mol. The van der Waals surface area contributed by atoms with Crippen LogP contribution < -0.4 is 0 Å². The van der Waals surface area contributed by atoms with Gasteiger partial charge in [-0.15, -0.1) is 0 Å². The van der Waals surface area contributed by atoms with E-state index in [-0.39, 0.29) is 6.42 Å². The topological polar surface area (TPSA) is 80.6 Å². The lowest BCUT2D eigenvalue weighted by Gasteiger charge is -2.09. The monoisotopic (exact) mass is 465 g/mol. The van der Waals surface area contributed by atoms with Gasteiger partial charge in [0.05, 0.1) is 35.6 Å². The molecule has 0 spiro atoms. The zero-order chi connectivity index (χ0) is 24.4. The van der Waals surface area contributed by atoms with Crippen molar-refractivity contribution < 1.29 is 14.3 Å². The second kappa shape index (κ2) is 9.58. The second-order valence-electron chi connectivity index (χ2n) is 8.72. The smallest absolute Gasteiger partial charge is 0.309 e. The van der Waals surface area contributed by atoms with Crippen molar-refractivity contribution in [2.45, 2.75) is 39.5 Å². The summed E-state index contributed by atoms with van der Waals surface area (Å²) in [6, 6.07) is 22.1. The SMILES string of the molecule is CCc1oc(Cc2nc3c(Cc4ccccc4)nc(-c4ccccc4)cn3c2CC(=O)O)cc1C. The van der Waals surface area contributed by atoms with Crippen LogP contribution in [0.5, 0.6) is 0 Å². The minimum Gasteiger partial charge on any atom is -0.481 e. The summed E-state index contributed by atoms with van der Waals surface area (Å²) < 4.78 is 7.94. The van der Waals surface area contributed by atoms with E-state index in [0.717, 1.165) is 46.0 Å². The Kier molecular flexibility index (Phi) is 6.19. The molecule has 0 aliphatic heterocycles. The average Bonchev–Trinajstić information content (AvgIpc) is 3.39. The first kappa shape index (κ1) is 22.6. The lowest BCUT2D eigenvalue weighted by Crippen LogP contribution is -2.08. The molecule has 0 atom stereocenters. The highest BCUT2D eigenvalue weighted by Gasteiger charge is 2.21. The fraction of sp³-hybridized carbons (Fsp3) is 0.207. The van der Waals surface area contributed by atoms with Crippen molar-refractivity contribution in [3.63, 3.8) is 0 Å². The normalized spacial score (nSPS) is 11.3. The number of benzene rings is 2. The minimum atomic E-state index is -0.902. The Labute approximate surface area is 203 Å². The highest BCUT2D eigenvalue weighted by atomic mass is 16.4. The van der Waals surface area contributed by atoms with E-state index >= 15 is 0 Å². The van der Waals surface area contributed by atoms with Gasteiger partial charge in [-0.25, -0.2) is 9.97 Å². The Morgan fingerprint density at radius 3 is 2.34 bits per heavy atom. The Bertz CT molecular complexity index is 1480. The van der Waals surface area contributed by atoms with Crippen LogP contribution in [-0.4, -0.2) is 25.4 Å². The molecular formula is C29H27N3O3. The highest BCUT2D eigenvalue weighted by Crippen LogP contribution is 2.26. The number of carboxylic acids is 1. The van der Waals surface area contributed by atoms with Crippen molar-refractivity contribution in [3.05, 3.63) is 113 Å². The van der Waals surface area contributed by atoms with Gasteiger partial charge in [-0.1, -0.05) is 67.6 Å². The molecule has 0 saturated carbocycles. The largest absolute Gasteiger partial charge is 0.481 e. The first-order chi connectivity index (χ1) is 17.0. The first-order valence-corrected chi connectivity index (χ1v) is 11.8. The number of hydrogen-bond acceptors (Lipinski definition) is 4. The van der Waals surface area contributed by atoms with Crippen molar-refractivity contribution in [1.29, 1.82) is 0 Å². The third kappa shape index (κ3) is 4.73. The number of rotatable bonds is 8. The van der Waals surface area contributed by atoms with Gasteiger partial charge in [0.1, 0.15) is 11.5 Å². The minimum absolute atomic E-state index is 0.139. The van der Waals surface area contributed by atoms with Crippen LogP contribution in [0.3, 0.4) is 0 Å². The maximum Gasteiger partial charge on any atom is 0.309 e. The van der Waals surface area contributed by atoms with Crippen LogP contribution in [0.2, 0.25) is 0 Å². The molecule has 3 heterocycles. The number of aliphatic carboxylic acids is 1. The van der Waals surface area contributed by atoms with Gasteiger partial charge in [0.2, 0.25) is 0 Å². The van der Waals surface area contributed by atoms with Crippen molar-refractivity contribution in [2.24, 2.45) is 0 Å². The number of carbonyl (C=O) groups is 1. The Morgan fingerprint density at radius 1 is 0.971 bits per heavy atom. The fourth-order valence-electron chi connectivity index (χ4n) is 4.52. The number of carboxylic acid groups (broad SMARTS) is 1. The number of nitrogens with zero attached hydrogens (tertiary/aromatic N) is 3. The van der Waals surface area contributed by atoms with E-state index in [0.29, 0.717) is 29.9 Å². The summed E-state index contributed by atoms with van der Waals surface area (Å²) in [4.78, 5) is 21.8.